The average Bonchev–Trinajstić information content (AvgIpc) is 2.52. The van der Waals surface area contributed by atoms with Crippen LogP contribution in [0.3, 0.4) is 0 Å². The third kappa shape index (κ3) is 3.97. The van der Waals surface area contributed by atoms with Crippen LogP contribution in [0.4, 0.5) is 0 Å². The van der Waals surface area contributed by atoms with E-state index >= 15 is 0 Å². The number of benzene rings is 2. The van der Waals surface area contributed by atoms with Crippen LogP contribution in [0.15, 0.2) is 36.4 Å². The molecule has 5 heteroatoms. The van der Waals surface area contributed by atoms with Crippen LogP contribution in [-0.2, 0) is 9.59 Å². The maximum atomic E-state index is 11.7. The molecule has 0 unspecified atom stereocenters. The molecule has 0 amide bonds. The smallest absolute Gasteiger partial charge is 0.311 e. The number of fused-ring (bicyclic) bond motifs is 1. The number of carboxylic acid groups (broad SMARTS) is 1. The van der Waals surface area contributed by atoms with E-state index in [0.717, 1.165) is 22.9 Å². The highest BCUT2D eigenvalue weighted by atomic mass is 16.5. The van der Waals surface area contributed by atoms with E-state index in [0.29, 0.717) is 12.4 Å². The molecule has 0 radical (unpaired) electrons. The minimum Gasteiger partial charge on any atom is -0.493 e. The highest BCUT2D eigenvalue weighted by Gasteiger charge is 2.12. The maximum absolute atomic E-state index is 11.7. The molecule has 2 rings (SSSR count). The Morgan fingerprint density at radius 3 is 2.27 bits per heavy atom. The van der Waals surface area contributed by atoms with Crippen LogP contribution < -0.4 is 9.47 Å². The minimum atomic E-state index is -1.02. The van der Waals surface area contributed by atoms with Crippen molar-refractivity contribution in [3.05, 3.63) is 36.4 Å². The molecular weight excluding hydrogens is 284 g/mol. The monoisotopic (exact) mass is 302 g/mol. The molecule has 2 aromatic rings. The summed E-state index contributed by atoms with van der Waals surface area (Å²) in [6.07, 6.45) is 0.506. The lowest BCUT2D eigenvalue weighted by Gasteiger charge is -2.12. The molecular formula is C17H18O5. The van der Waals surface area contributed by atoms with E-state index < -0.39 is 11.9 Å². The van der Waals surface area contributed by atoms with Crippen molar-refractivity contribution in [2.75, 3.05) is 6.61 Å². The highest BCUT2D eigenvalue weighted by molar-refractivity contribution is 5.94. The normalized spacial score (nSPS) is 10.4. The van der Waals surface area contributed by atoms with E-state index in [4.69, 9.17) is 14.6 Å². The van der Waals surface area contributed by atoms with Crippen molar-refractivity contribution in [3.8, 4) is 11.5 Å². The number of esters is 1. The molecule has 0 fully saturated rings. The molecule has 0 heterocycles. The first-order valence-corrected chi connectivity index (χ1v) is 7.19. The lowest BCUT2D eigenvalue weighted by Crippen LogP contribution is -2.10. The average molecular weight is 302 g/mol. The molecule has 0 spiro atoms. The second-order valence-electron chi connectivity index (χ2n) is 4.82. The van der Waals surface area contributed by atoms with E-state index in [9.17, 15) is 9.59 Å². The fourth-order valence-electron chi connectivity index (χ4n) is 2.05. The van der Waals surface area contributed by atoms with Crippen LogP contribution in [-0.4, -0.2) is 23.7 Å². The Balaban J connectivity index is 2.24. The lowest BCUT2D eigenvalue weighted by molar-refractivity contribution is -0.142. The summed E-state index contributed by atoms with van der Waals surface area (Å²) in [5, 5.41) is 10.2. The lowest BCUT2D eigenvalue weighted by atomic mass is 10.1. The van der Waals surface area contributed by atoms with Crippen LogP contribution in [0.2, 0.25) is 0 Å². The van der Waals surface area contributed by atoms with Gasteiger partial charge in [0.05, 0.1) is 19.4 Å². The van der Waals surface area contributed by atoms with Gasteiger partial charge < -0.3 is 14.6 Å². The minimum absolute atomic E-state index is 0.155. The molecule has 0 saturated heterocycles. The fourth-order valence-corrected chi connectivity index (χ4v) is 2.05. The zero-order chi connectivity index (χ0) is 15.9. The van der Waals surface area contributed by atoms with E-state index in [1.165, 1.54) is 0 Å². The van der Waals surface area contributed by atoms with Crippen LogP contribution >= 0.6 is 0 Å². The van der Waals surface area contributed by atoms with E-state index in [1.807, 2.05) is 31.2 Å². The number of rotatable bonds is 7. The molecule has 0 atom stereocenters. The predicted octanol–water partition coefficient (Wildman–Crippen LogP) is 3.40. The summed E-state index contributed by atoms with van der Waals surface area (Å²) in [6, 6.07) is 10.9. The van der Waals surface area contributed by atoms with Crippen molar-refractivity contribution in [2.45, 2.75) is 26.2 Å². The van der Waals surface area contributed by atoms with Gasteiger partial charge in [0.15, 0.2) is 0 Å². The van der Waals surface area contributed by atoms with Gasteiger partial charge in [-0.15, -0.1) is 0 Å². The van der Waals surface area contributed by atoms with Crippen molar-refractivity contribution in [3.63, 3.8) is 0 Å². The SMILES string of the molecule is CCCOc1ccc(OC(=O)CCC(=O)O)c2ccccc12. The van der Waals surface area contributed by atoms with E-state index in [1.54, 1.807) is 12.1 Å². The number of carbonyl (C=O) groups excluding carboxylic acids is 1. The molecule has 0 aliphatic heterocycles. The first kappa shape index (κ1) is 15.8. The Kier molecular flexibility index (Phi) is 5.36. The summed E-state index contributed by atoms with van der Waals surface area (Å²) in [5.74, 6) is -0.433. The van der Waals surface area contributed by atoms with Crippen molar-refractivity contribution < 1.29 is 24.2 Å². The van der Waals surface area contributed by atoms with Crippen molar-refractivity contribution in [1.82, 2.24) is 0 Å². The first-order chi connectivity index (χ1) is 10.6. The van der Waals surface area contributed by atoms with Crippen molar-refractivity contribution in [1.29, 1.82) is 0 Å². The van der Waals surface area contributed by atoms with E-state index in [-0.39, 0.29) is 12.8 Å². The second-order valence-corrected chi connectivity index (χ2v) is 4.82. The number of aliphatic carboxylic acids is 1. The second kappa shape index (κ2) is 7.45. The fraction of sp³-hybridized carbons (Fsp3) is 0.294. The molecule has 0 bridgehead atoms. The molecule has 1 N–H and O–H groups in total. The van der Waals surface area contributed by atoms with Gasteiger partial charge in [-0.2, -0.15) is 0 Å². The van der Waals surface area contributed by atoms with Crippen molar-refractivity contribution >= 4 is 22.7 Å². The van der Waals surface area contributed by atoms with Crippen LogP contribution in [0.25, 0.3) is 10.8 Å². The van der Waals surface area contributed by atoms with Gasteiger partial charge in [-0.1, -0.05) is 31.2 Å². The molecule has 22 heavy (non-hydrogen) atoms. The molecule has 2 aromatic carbocycles. The summed E-state index contributed by atoms with van der Waals surface area (Å²) >= 11 is 0. The van der Waals surface area contributed by atoms with Crippen molar-refractivity contribution in [2.24, 2.45) is 0 Å². The molecule has 0 aromatic heterocycles. The first-order valence-electron chi connectivity index (χ1n) is 7.19. The Hall–Kier alpha value is -2.56. The van der Waals surface area contributed by atoms with Crippen LogP contribution in [0, 0.1) is 0 Å². The summed E-state index contributed by atoms with van der Waals surface area (Å²) in [4.78, 5) is 22.2. The topological polar surface area (TPSA) is 72.8 Å². The third-order valence-electron chi connectivity index (χ3n) is 3.07. The quantitative estimate of drug-likeness (QED) is 0.627. The molecule has 0 saturated carbocycles. The highest BCUT2D eigenvalue weighted by Crippen LogP contribution is 2.33. The summed E-state index contributed by atoms with van der Waals surface area (Å²) < 4.78 is 11.0. The third-order valence-corrected chi connectivity index (χ3v) is 3.07. The van der Waals surface area contributed by atoms with Crippen LogP contribution in [0.1, 0.15) is 26.2 Å². The predicted molar refractivity (Wildman–Crippen MR) is 82.2 cm³/mol. The van der Waals surface area contributed by atoms with E-state index in [2.05, 4.69) is 0 Å². The van der Waals surface area contributed by atoms with Gasteiger partial charge >= 0.3 is 11.9 Å². The molecule has 116 valence electrons. The number of ether oxygens (including phenoxy) is 2. The molecule has 5 nitrogen and oxygen atoms in total. The van der Waals surface area contributed by atoms with Gasteiger partial charge in [0, 0.05) is 10.8 Å². The Labute approximate surface area is 128 Å². The number of carboxylic acids is 1. The van der Waals surface area contributed by atoms with Gasteiger partial charge in [-0.25, -0.2) is 0 Å². The summed E-state index contributed by atoms with van der Waals surface area (Å²) in [6.45, 7) is 2.64. The Morgan fingerprint density at radius 1 is 1.00 bits per heavy atom. The summed E-state index contributed by atoms with van der Waals surface area (Å²) in [5.41, 5.74) is 0. The van der Waals surface area contributed by atoms with Gasteiger partial charge in [0.25, 0.3) is 0 Å². The Morgan fingerprint density at radius 2 is 1.64 bits per heavy atom. The van der Waals surface area contributed by atoms with Crippen LogP contribution in [0.5, 0.6) is 11.5 Å². The number of carbonyl (C=O) groups is 2. The largest absolute Gasteiger partial charge is 0.493 e. The summed E-state index contributed by atoms with van der Waals surface area (Å²) in [7, 11) is 0. The zero-order valence-corrected chi connectivity index (χ0v) is 12.4. The van der Waals surface area contributed by atoms with Gasteiger partial charge in [0.2, 0.25) is 0 Å². The Bertz CT molecular complexity index is 678. The number of hydrogen-bond donors (Lipinski definition) is 1. The zero-order valence-electron chi connectivity index (χ0n) is 12.4. The molecule has 0 aliphatic carbocycles. The molecule has 0 aliphatic rings. The standard InChI is InChI=1S/C17H18O5/c1-2-11-21-14-7-8-15(13-6-4-3-5-12(13)14)22-17(20)10-9-16(18)19/h3-8H,2,9-11H2,1H3,(H,18,19). The van der Waals surface area contributed by atoms with Gasteiger partial charge in [0.1, 0.15) is 11.5 Å². The van der Waals surface area contributed by atoms with Gasteiger partial charge in [-0.05, 0) is 18.6 Å². The van der Waals surface area contributed by atoms with Gasteiger partial charge in [-0.3, -0.25) is 9.59 Å². The maximum Gasteiger partial charge on any atom is 0.311 e. The number of hydrogen-bond acceptors (Lipinski definition) is 4.